The topological polar surface area (TPSA) is 64.4 Å². The van der Waals surface area contributed by atoms with Gasteiger partial charge < -0.3 is 9.84 Å². The fourth-order valence-corrected chi connectivity index (χ4v) is 1.84. The molecule has 0 aliphatic heterocycles. The van der Waals surface area contributed by atoms with E-state index in [9.17, 15) is 23.1 Å². The second kappa shape index (κ2) is 6.18. The highest BCUT2D eigenvalue weighted by molar-refractivity contribution is 5.28. The van der Waals surface area contributed by atoms with Crippen LogP contribution in [0.25, 0.3) is 0 Å². The molecule has 1 unspecified atom stereocenters. The second-order valence-corrected chi connectivity index (χ2v) is 4.63. The van der Waals surface area contributed by atoms with Gasteiger partial charge in [-0.2, -0.15) is 5.10 Å². The predicted octanol–water partition coefficient (Wildman–Crippen LogP) is 2.18. The maximum absolute atomic E-state index is 12.1. The third-order valence-electron chi connectivity index (χ3n) is 2.84. The van der Waals surface area contributed by atoms with E-state index in [0.717, 1.165) is 16.8 Å². The Morgan fingerprint density at radius 2 is 1.86 bits per heavy atom. The second-order valence-electron chi connectivity index (χ2n) is 4.63. The van der Waals surface area contributed by atoms with E-state index < -0.39 is 12.5 Å². The first-order valence-corrected chi connectivity index (χ1v) is 6.33. The molecular formula is C14H13F3N2O3. The van der Waals surface area contributed by atoms with Crippen molar-refractivity contribution in [3.63, 3.8) is 0 Å². The van der Waals surface area contributed by atoms with Gasteiger partial charge in [-0.1, -0.05) is 12.1 Å². The summed E-state index contributed by atoms with van der Waals surface area (Å²) in [6, 6.07) is 7.67. The van der Waals surface area contributed by atoms with Crippen LogP contribution in [0.4, 0.5) is 13.2 Å². The van der Waals surface area contributed by atoms with Crippen LogP contribution in [-0.4, -0.2) is 21.2 Å². The summed E-state index contributed by atoms with van der Waals surface area (Å²) >= 11 is 0. The summed E-state index contributed by atoms with van der Waals surface area (Å²) in [7, 11) is 0. The summed E-state index contributed by atoms with van der Waals surface area (Å²) in [6.45, 7) is 1.60. The zero-order chi connectivity index (χ0) is 16.3. The molecule has 0 spiro atoms. The van der Waals surface area contributed by atoms with Gasteiger partial charge in [0.1, 0.15) is 5.75 Å². The van der Waals surface area contributed by atoms with Crippen LogP contribution in [0.2, 0.25) is 0 Å². The van der Waals surface area contributed by atoms with E-state index in [2.05, 4.69) is 9.84 Å². The molecule has 0 fully saturated rings. The van der Waals surface area contributed by atoms with Crippen molar-refractivity contribution in [2.45, 2.75) is 25.9 Å². The number of hydrogen-bond donors (Lipinski definition) is 1. The van der Waals surface area contributed by atoms with Gasteiger partial charge in [0, 0.05) is 6.07 Å². The van der Waals surface area contributed by atoms with Gasteiger partial charge in [0.15, 0.2) is 0 Å². The van der Waals surface area contributed by atoms with Crippen LogP contribution in [-0.2, 0) is 6.54 Å². The predicted molar refractivity (Wildman–Crippen MR) is 71.3 cm³/mol. The van der Waals surface area contributed by atoms with Gasteiger partial charge in [0.2, 0.25) is 0 Å². The van der Waals surface area contributed by atoms with Gasteiger partial charge in [0.05, 0.1) is 18.3 Å². The Morgan fingerprint density at radius 1 is 1.23 bits per heavy atom. The third kappa shape index (κ3) is 4.32. The largest absolute Gasteiger partial charge is 0.573 e. The Hall–Kier alpha value is -2.35. The van der Waals surface area contributed by atoms with Crippen molar-refractivity contribution in [3.05, 3.63) is 58.0 Å². The van der Waals surface area contributed by atoms with E-state index in [1.54, 1.807) is 13.0 Å². The zero-order valence-corrected chi connectivity index (χ0v) is 11.5. The summed E-state index contributed by atoms with van der Waals surface area (Å²) < 4.78 is 41.0. The van der Waals surface area contributed by atoms with Crippen LogP contribution < -0.4 is 10.3 Å². The molecule has 2 aromatic rings. The van der Waals surface area contributed by atoms with Gasteiger partial charge in [0.25, 0.3) is 5.56 Å². The maximum atomic E-state index is 12.1. The quantitative estimate of drug-likeness (QED) is 0.939. The van der Waals surface area contributed by atoms with Gasteiger partial charge in [-0.25, -0.2) is 4.68 Å². The lowest BCUT2D eigenvalue weighted by Crippen LogP contribution is -2.25. The number of aliphatic hydroxyl groups is 1. The molecule has 22 heavy (non-hydrogen) atoms. The summed E-state index contributed by atoms with van der Waals surface area (Å²) in [6.07, 6.45) is -5.84. The molecule has 0 amide bonds. The lowest BCUT2D eigenvalue weighted by atomic mass is 10.1. The average Bonchev–Trinajstić information content (AvgIpc) is 2.42. The first kappa shape index (κ1) is 16.0. The zero-order valence-electron chi connectivity index (χ0n) is 11.5. The number of halogens is 3. The summed E-state index contributed by atoms with van der Waals surface area (Å²) in [5.74, 6) is -0.380. The summed E-state index contributed by atoms with van der Waals surface area (Å²) in [5, 5.41) is 14.0. The minimum absolute atomic E-state index is 0.0972. The molecule has 2 rings (SSSR count). The molecule has 0 bridgehead atoms. The Labute approximate surface area is 123 Å². The number of rotatable bonds is 4. The van der Waals surface area contributed by atoms with Crippen molar-refractivity contribution < 1.29 is 23.0 Å². The normalized spacial score (nSPS) is 13.0. The SMILES string of the molecule is Cc1ccc(=O)n(CC(O)c2ccc(OC(F)(F)F)cc2)n1. The molecule has 0 aliphatic carbocycles. The molecule has 1 aromatic carbocycles. The van der Waals surface area contributed by atoms with Gasteiger partial charge in [-0.05, 0) is 30.7 Å². The van der Waals surface area contributed by atoms with E-state index in [-0.39, 0.29) is 17.9 Å². The van der Waals surface area contributed by atoms with E-state index in [0.29, 0.717) is 11.3 Å². The van der Waals surface area contributed by atoms with Gasteiger partial charge in [-0.3, -0.25) is 4.79 Å². The van der Waals surface area contributed by atoms with Crippen molar-refractivity contribution in [2.24, 2.45) is 0 Å². The molecule has 8 heteroatoms. The van der Waals surface area contributed by atoms with Crippen LogP contribution in [0, 0.1) is 6.92 Å². The highest BCUT2D eigenvalue weighted by Crippen LogP contribution is 2.24. The molecule has 1 N–H and O–H groups in total. The molecule has 1 heterocycles. The highest BCUT2D eigenvalue weighted by atomic mass is 19.4. The Bertz CT molecular complexity index is 696. The van der Waals surface area contributed by atoms with Crippen LogP contribution in [0.1, 0.15) is 17.4 Å². The van der Waals surface area contributed by atoms with Crippen molar-refractivity contribution >= 4 is 0 Å². The molecule has 0 aliphatic rings. The highest BCUT2D eigenvalue weighted by Gasteiger charge is 2.31. The number of benzene rings is 1. The first-order valence-electron chi connectivity index (χ1n) is 6.33. The van der Waals surface area contributed by atoms with Crippen LogP contribution in [0.15, 0.2) is 41.2 Å². The van der Waals surface area contributed by atoms with E-state index in [1.807, 2.05) is 0 Å². The number of nitrogens with zero attached hydrogens (tertiary/aromatic N) is 2. The van der Waals surface area contributed by atoms with Crippen molar-refractivity contribution in [2.75, 3.05) is 0 Å². The Kier molecular flexibility index (Phi) is 4.51. The van der Waals surface area contributed by atoms with Gasteiger partial charge >= 0.3 is 6.36 Å². The minimum Gasteiger partial charge on any atom is -0.406 e. The van der Waals surface area contributed by atoms with E-state index >= 15 is 0 Å². The number of alkyl halides is 3. The van der Waals surface area contributed by atoms with E-state index in [4.69, 9.17) is 0 Å². The molecule has 0 saturated heterocycles. The standard InChI is InChI=1S/C14H13F3N2O3/c1-9-2-7-13(21)19(18-9)8-12(20)10-3-5-11(6-4-10)22-14(15,16)17/h2-7,12,20H,8H2,1H3. The molecule has 5 nitrogen and oxygen atoms in total. The fraction of sp³-hybridized carbons (Fsp3) is 0.286. The first-order chi connectivity index (χ1) is 10.2. The molecular weight excluding hydrogens is 301 g/mol. The summed E-state index contributed by atoms with van der Waals surface area (Å²) in [4.78, 5) is 11.6. The minimum atomic E-state index is -4.76. The van der Waals surface area contributed by atoms with E-state index in [1.165, 1.54) is 18.2 Å². The molecule has 0 saturated carbocycles. The molecule has 118 valence electrons. The summed E-state index contributed by atoms with van der Waals surface area (Å²) in [5.41, 5.74) is 0.590. The molecule has 1 aromatic heterocycles. The van der Waals surface area contributed by atoms with Crippen LogP contribution >= 0.6 is 0 Å². The number of aromatic nitrogens is 2. The smallest absolute Gasteiger partial charge is 0.406 e. The number of aryl methyl sites for hydroxylation is 1. The number of aliphatic hydroxyl groups excluding tert-OH is 1. The molecule has 0 radical (unpaired) electrons. The number of hydrogen-bond acceptors (Lipinski definition) is 4. The van der Waals surface area contributed by atoms with Crippen molar-refractivity contribution in [1.82, 2.24) is 9.78 Å². The van der Waals surface area contributed by atoms with Gasteiger partial charge in [-0.15, -0.1) is 13.2 Å². The lowest BCUT2D eigenvalue weighted by Gasteiger charge is -2.14. The number of ether oxygens (including phenoxy) is 1. The maximum Gasteiger partial charge on any atom is 0.573 e. The average molecular weight is 314 g/mol. The molecule has 1 atom stereocenters. The monoisotopic (exact) mass is 314 g/mol. The van der Waals surface area contributed by atoms with Crippen molar-refractivity contribution in [3.8, 4) is 5.75 Å². The van der Waals surface area contributed by atoms with Crippen LogP contribution in [0.3, 0.4) is 0 Å². The third-order valence-corrected chi connectivity index (χ3v) is 2.84. The Balaban J connectivity index is 2.11. The van der Waals surface area contributed by atoms with Crippen molar-refractivity contribution in [1.29, 1.82) is 0 Å². The Morgan fingerprint density at radius 3 is 2.45 bits per heavy atom. The van der Waals surface area contributed by atoms with Crippen LogP contribution in [0.5, 0.6) is 5.75 Å². The fourth-order valence-electron chi connectivity index (χ4n) is 1.84. The lowest BCUT2D eigenvalue weighted by molar-refractivity contribution is -0.274.